The lowest BCUT2D eigenvalue weighted by Gasteiger charge is -2.16. The maximum atomic E-state index is 12.3. The number of benzene rings is 2. The molecule has 0 saturated carbocycles. The minimum atomic E-state index is -0.894. The number of hydrogen-bond acceptors (Lipinski definition) is 6. The summed E-state index contributed by atoms with van der Waals surface area (Å²) in [6.07, 6.45) is -0.894. The Labute approximate surface area is 143 Å². The average Bonchev–Trinajstić information content (AvgIpc) is 2.62. The second kappa shape index (κ2) is 7.79. The van der Waals surface area contributed by atoms with Gasteiger partial charge in [-0.2, -0.15) is 5.26 Å². The maximum Gasteiger partial charge on any atom is 0.273 e. The Hall–Kier alpha value is -3.60. The number of nitrogens with zero attached hydrogens (tertiary/aromatic N) is 2. The van der Waals surface area contributed by atoms with Gasteiger partial charge in [-0.25, -0.2) is 0 Å². The molecule has 0 radical (unpaired) electrons. The SMILES string of the molecule is COc1cc([N+](=O)[O-])ccc1NC(=O)[C@H](C)Oc1ccccc1C#N. The van der Waals surface area contributed by atoms with Gasteiger partial charge in [-0.1, -0.05) is 12.1 Å². The van der Waals surface area contributed by atoms with Crippen molar-refractivity contribution in [1.29, 1.82) is 5.26 Å². The van der Waals surface area contributed by atoms with E-state index < -0.39 is 16.9 Å². The normalized spacial score (nSPS) is 11.1. The second-order valence-corrected chi connectivity index (χ2v) is 5.00. The number of carbonyl (C=O) groups excluding carboxylic acids is 1. The lowest BCUT2D eigenvalue weighted by Crippen LogP contribution is -2.30. The van der Waals surface area contributed by atoms with Gasteiger partial charge < -0.3 is 14.8 Å². The van der Waals surface area contributed by atoms with Gasteiger partial charge in [-0.3, -0.25) is 14.9 Å². The van der Waals surface area contributed by atoms with Gasteiger partial charge in [0.2, 0.25) is 0 Å². The fraction of sp³-hybridized carbons (Fsp3) is 0.176. The van der Waals surface area contributed by atoms with Gasteiger partial charge in [0.25, 0.3) is 11.6 Å². The molecule has 1 atom stereocenters. The number of amides is 1. The molecule has 8 nitrogen and oxygen atoms in total. The van der Waals surface area contributed by atoms with E-state index in [0.717, 1.165) is 0 Å². The highest BCUT2D eigenvalue weighted by atomic mass is 16.6. The number of hydrogen-bond donors (Lipinski definition) is 1. The van der Waals surface area contributed by atoms with Crippen molar-refractivity contribution in [2.24, 2.45) is 0 Å². The van der Waals surface area contributed by atoms with Gasteiger partial charge in [-0.15, -0.1) is 0 Å². The molecule has 0 fully saturated rings. The number of non-ortho nitro benzene ring substituents is 1. The fourth-order valence-electron chi connectivity index (χ4n) is 2.04. The van der Waals surface area contributed by atoms with Crippen LogP contribution in [0.3, 0.4) is 0 Å². The minimum absolute atomic E-state index is 0.151. The van der Waals surface area contributed by atoms with Crippen molar-refractivity contribution in [3.8, 4) is 17.6 Å². The number of rotatable bonds is 6. The maximum absolute atomic E-state index is 12.3. The third-order valence-corrected chi connectivity index (χ3v) is 3.33. The third kappa shape index (κ3) is 4.23. The highest BCUT2D eigenvalue weighted by Gasteiger charge is 2.19. The number of para-hydroxylation sites is 1. The van der Waals surface area contributed by atoms with E-state index in [0.29, 0.717) is 11.3 Å². The summed E-state index contributed by atoms with van der Waals surface area (Å²) in [7, 11) is 1.35. The molecule has 8 heteroatoms. The molecule has 2 aromatic rings. The molecule has 25 heavy (non-hydrogen) atoms. The van der Waals surface area contributed by atoms with Crippen molar-refractivity contribution >= 4 is 17.3 Å². The molecule has 0 aliphatic rings. The molecular formula is C17H15N3O5. The van der Waals surface area contributed by atoms with E-state index in [1.165, 1.54) is 32.2 Å². The summed E-state index contributed by atoms with van der Waals surface area (Å²) in [4.78, 5) is 22.5. The Balaban J connectivity index is 2.14. The summed E-state index contributed by atoms with van der Waals surface area (Å²) < 4.78 is 10.6. The highest BCUT2D eigenvalue weighted by molar-refractivity contribution is 5.95. The summed E-state index contributed by atoms with van der Waals surface area (Å²) in [6.45, 7) is 1.53. The first-order valence-electron chi connectivity index (χ1n) is 7.25. The molecular weight excluding hydrogens is 326 g/mol. The van der Waals surface area contributed by atoms with E-state index in [4.69, 9.17) is 14.7 Å². The monoisotopic (exact) mass is 341 g/mol. The molecule has 0 unspecified atom stereocenters. The van der Waals surface area contributed by atoms with Crippen LogP contribution in [0.15, 0.2) is 42.5 Å². The Kier molecular flexibility index (Phi) is 5.53. The number of nitriles is 1. The van der Waals surface area contributed by atoms with Crippen LogP contribution in [0, 0.1) is 21.4 Å². The van der Waals surface area contributed by atoms with Crippen LogP contribution in [0.2, 0.25) is 0 Å². The molecule has 0 saturated heterocycles. The Morgan fingerprint density at radius 3 is 2.64 bits per heavy atom. The molecule has 0 heterocycles. The predicted octanol–water partition coefficient (Wildman–Crippen LogP) is 2.88. The summed E-state index contributed by atoms with van der Waals surface area (Å²) in [5.74, 6) is -0.0321. The van der Waals surface area contributed by atoms with Crippen molar-refractivity contribution in [3.05, 3.63) is 58.1 Å². The van der Waals surface area contributed by atoms with Crippen molar-refractivity contribution in [2.45, 2.75) is 13.0 Å². The standard InChI is InChI=1S/C17H15N3O5/c1-11(25-15-6-4-3-5-12(15)10-18)17(21)19-14-8-7-13(20(22)23)9-16(14)24-2/h3-9,11H,1-2H3,(H,19,21)/t11-/m0/s1. The van der Waals surface area contributed by atoms with Crippen molar-refractivity contribution < 1.29 is 19.2 Å². The number of ether oxygens (including phenoxy) is 2. The van der Waals surface area contributed by atoms with Crippen LogP contribution < -0.4 is 14.8 Å². The molecule has 1 N–H and O–H groups in total. The van der Waals surface area contributed by atoms with Crippen LogP contribution in [0.25, 0.3) is 0 Å². The van der Waals surface area contributed by atoms with E-state index in [1.54, 1.807) is 24.3 Å². The van der Waals surface area contributed by atoms with Gasteiger partial charge in [0, 0.05) is 6.07 Å². The van der Waals surface area contributed by atoms with Gasteiger partial charge in [0.15, 0.2) is 6.10 Å². The van der Waals surface area contributed by atoms with Crippen molar-refractivity contribution in [3.63, 3.8) is 0 Å². The molecule has 0 spiro atoms. The minimum Gasteiger partial charge on any atom is -0.494 e. The average molecular weight is 341 g/mol. The third-order valence-electron chi connectivity index (χ3n) is 3.33. The van der Waals surface area contributed by atoms with Gasteiger partial charge in [0.1, 0.15) is 17.6 Å². The smallest absolute Gasteiger partial charge is 0.273 e. The van der Waals surface area contributed by atoms with E-state index in [9.17, 15) is 14.9 Å². The van der Waals surface area contributed by atoms with Gasteiger partial charge in [0.05, 0.1) is 29.4 Å². The molecule has 1 amide bonds. The summed E-state index contributed by atoms with van der Waals surface area (Å²) in [5, 5.41) is 22.4. The first-order valence-corrected chi connectivity index (χ1v) is 7.25. The molecule has 0 aromatic heterocycles. The zero-order chi connectivity index (χ0) is 18.4. The Morgan fingerprint density at radius 2 is 2.00 bits per heavy atom. The van der Waals surface area contributed by atoms with Gasteiger partial charge >= 0.3 is 0 Å². The van der Waals surface area contributed by atoms with E-state index in [-0.39, 0.29) is 17.1 Å². The van der Waals surface area contributed by atoms with E-state index in [1.807, 2.05) is 6.07 Å². The molecule has 0 aliphatic heterocycles. The topological polar surface area (TPSA) is 114 Å². The Bertz CT molecular complexity index is 844. The van der Waals surface area contributed by atoms with Crippen LogP contribution in [-0.2, 0) is 4.79 Å². The van der Waals surface area contributed by atoms with Crippen LogP contribution >= 0.6 is 0 Å². The van der Waals surface area contributed by atoms with E-state index in [2.05, 4.69) is 5.32 Å². The fourth-order valence-corrected chi connectivity index (χ4v) is 2.04. The van der Waals surface area contributed by atoms with Crippen molar-refractivity contribution in [1.82, 2.24) is 0 Å². The molecule has 128 valence electrons. The summed E-state index contributed by atoms with van der Waals surface area (Å²) in [6, 6.07) is 12.4. The lowest BCUT2D eigenvalue weighted by atomic mass is 10.2. The highest BCUT2D eigenvalue weighted by Crippen LogP contribution is 2.29. The number of anilines is 1. The van der Waals surface area contributed by atoms with Crippen LogP contribution in [0.4, 0.5) is 11.4 Å². The first kappa shape index (κ1) is 17.7. The summed E-state index contributed by atoms with van der Waals surface area (Å²) >= 11 is 0. The number of nitro benzene ring substituents is 1. The van der Waals surface area contributed by atoms with Crippen molar-refractivity contribution in [2.75, 3.05) is 12.4 Å². The number of carbonyl (C=O) groups is 1. The number of nitrogens with one attached hydrogen (secondary N) is 1. The Morgan fingerprint density at radius 1 is 1.28 bits per heavy atom. The molecule has 0 bridgehead atoms. The zero-order valence-electron chi connectivity index (χ0n) is 13.6. The van der Waals surface area contributed by atoms with Crippen LogP contribution in [0.5, 0.6) is 11.5 Å². The molecule has 2 aromatic carbocycles. The number of nitro groups is 1. The van der Waals surface area contributed by atoms with Crippen LogP contribution in [0.1, 0.15) is 12.5 Å². The zero-order valence-corrected chi connectivity index (χ0v) is 13.6. The second-order valence-electron chi connectivity index (χ2n) is 5.00. The predicted molar refractivity (Wildman–Crippen MR) is 89.5 cm³/mol. The van der Waals surface area contributed by atoms with E-state index >= 15 is 0 Å². The quantitative estimate of drug-likeness (QED) is 0.638. The first-order chi connectivity index (χ1) is 12.0. The molecule has 2 rings (SSSR count). The van der Waals surface area contributed by atoms with Crippen LogP contribution in [-0.4, -0.2) is 24.0 Å². The lowest BCUT2D eigenvalue weighted by molar-refractivity contribution is -0.384. The summed E-state index contributed by atoms with van der Waals surface area (Å²) in [5.41, 5.74) is 0.444. The number of methoxy groups -OCH3 is 1. The molecule has 0 aliphatic carbocycles. The largest absolute Gasteiger partial charge is 0.494 e. The van der Waals surface area contributed by atoms with Gasteiger partial charge in [-0.05, 0) is 25.1 Å².